The monoisotopic (exact) mass is 185 g/mol. The van der Waals surface area contributed by atoms with Gasteiger partial charge in [0.25, 0.3) is 0 Å². The zero-order chi connectivity index (χ0) is 10.2. The summed E-state index contributed by atoms with van der Waals surface area (Å²) in [6.45, 7) is 6.10. The molecule has 0 aliphatic heterocycles. The standard InChI is InChI=1S/C10H16FNO/c1-10(2,3)9-7(13-5)6-8(11)12(9)4/h6H,1-5H3. The molecule has 0 amide bonds. The summed E-state index contributed by atoms with van der Waals surface area (Å²) in [5.41, 5.74) is 0.775. The van der Waals surface area contributed by atoms with Crippen molar-refractivity contribution in [2.24, 2.45) is 7.05 Å². The molecule has 3 heteroatoms. The summed E-state index contributed by atoms with van der Waals surface area (Å²) in [5.74, 6) is 0.356. The maximum Gasteiger partial charge on any atom is 0.197 e. The Kier molecular flexibility index (Phi) is 2.37. The molecule has 0 aromatic carbocycles. The first kappa shape index (κ1) is 10.1. The second-order valence-electron chi connectivity index (χ2n) is 4.19. The predicted octanol–water partition coefficient (Wildman–Crippen LogP) is 2.47. The molecular formula is C10H16FNO. The average Bonchev–Trinajstić information content (AvgIpc) is 2.26. The summed E-state index contributed by atoms with van der Waals surface area (Å²) in [5, 5.41) is 0. The third-order valence-electron chi connectivity index (χ3n) is 2.07. The van der Waals surface area contributed by atoms with Crippen LogP contribution in [0.3, 0.4) is 0 Å². The lowest BCUT2D eigenvalue weighted by molar-refractivity contribution is 0.391. The average molecular weight is 185 g/mol. The predicted molar refractivity (Wildman–Crippen MR) is 50.6 cm³/mol. The van der Waals surface area contributed by atoms with Crippen LogP contribution >= 0.6 is 0 Å². The van der Waals surface area contributed by atoms with Crippen LogP contribution in [0.2, 0.25) is 0 Å². The number of aromatic nitrogens is 1. The Labute approximate surface area is 78.3 Å². The summed E-state index contributed by atoms with van der Waals surface area (Å²) in [4.78, 5) is 0. The van der Waals surface area contributed by atoms with Crippen LogP contribution < -0.4 is 4.74 Å². The molecule has 0 fully saturated rings. The van der Waals surface area contributed by atoms with Gasteiger partial charge in [0.15, 0.2) is 5.95 Å². The number of nitrogens with zero attached hydrogens (tertiary/aromatic N) is 1. The van der Waals surface area contributed by atoms with Crippen LogP contribution in [0.1, 0.15) is 26.5 Å². The highest BCUT2D eigenvalue weighted by Crippen LogP contribution is 2.32. The van der Waals surface area contributed by atoms with Crippen molar-refractivity contribution in [3.63, 3.8) is 0 Å². The zero-order valence-corrected chi connectivity index (χ0v) is 8.81. The van der Waals surface area contributed by atoms with E-state index in [1.807, 2.05) is 20.8 Å². The fourth-order valence-electron chi connectivity index (χ4n) is 1.57. The summed E-state index contributed by atoms with van der Waals surface area (Å²) in [6, 6.07) is 1.42. The molecular weight excluding hydrogens is 169 g/mol. The van der Waals surface area contributed by atoms with Gasteiger partial charge in [0.2, 0.25) is 0 Å². The van der Waals surface area contributed by atoms with Gasteiger partial charge in [-0.25, -0.2) is 0 Å². The number of rotatable bonds is 1. The fourth-order valence-corrected chi connectivity index (χ4v) is 1.57. The van der Waals surface area contributed by atoms with Crippen molar-refractivity contribution in [3.8, 4) is 5.75 Å². The van der Waals surface area contributed by atoms with Crippen LogP contribution in [0.15, 0.2) is 6.07 Å². The van der Waals surface area contributed by atoms with E-state index in [2.05, 4.69) is 0 Å². The molecule has 0 bridgehead atoms. The minimum atomic E-state index is -0.262. The van der Waals surface area contributed by atoms with E-state index in [0.717, 1.165) is 5.69 Å². The molecule has 1 rings (SSSR count). The van der Waals surface area contributed by atoms with Gasteiger partial charge >= 0.3 is 0 Å². The molecule has 13 heavy (non-hydrogen) atoms. The van der Waals surface area contributed by atoms with E-state index in [1.54, 1.807) is 14.2 Å². The highest BCUT2D eigenvalue weighted by atomic mass is 19.1. The third-order valence-corrected chi connectivity index (χ3v) is 2.07. The van der Waals surface area contributed by atoms with Crippen LogP contribution in [0.25, 0.3) is 0 Å². The highest BCUT2D eigenvalue weighted by molar-refractivity contribution is 5.35. The van der Waals surface area contributed by atoms with Crippen LogP contribution in [-0.4, -0.2) is 11.7 Å². The molecule has 0 unspecified atom stereocenters. The Hall–Kier alpha value is -0.990. The van der Waals surface area contributed by atoms with Crippen molar-refractivity contribution in [1.82, 2.24) is 4.57 Å². The lowest BCUT2D eigenvalue weighted by Gasteiger charge is -2.21. The van der Waals surface area contributed by atoms with Gasteiger partial charge in [-0.05, 0) is 0 Å². The van der Waals surface area contributed by atoms with Crippen molar-refractivity contribution in [3.05, 3.63) is 17.7 Å². The number of hydrogen-bond acceptors (Lipinski definition) is 1. The minimum absolute atomic E-state index is 0.107. The summed E-state index contributed by atoms with van der Waals surface area (Å²) >= 11 is 0. The van der Waals surface area contributed by atoms with E-state index in [9.17, 15) is 4.39 Å². The van der Waals surface area contributed by atoms with Crippen molar-refractivity contribution < 1.29 is 9.13 Å². The van der Waals surface area contributed by atoms with Gasteiger partial charge < -0.3 is 9.30 Å². The largest absolute Gasteiger partial charge is 0.495 e. The van der Waals surface area contributed by atoms with E-state index in [4.69, 9.17) is 4.74 Å². The molecule has 0 aliphatic carbocycles. The highest BCUT2D eigenvalue weighted by Gasteiger charge is 2.24. The van der Waals surface area contributed by atoms with Gasteiger partial charge in [-0.15, -0.1) is 0 Å². The molecule has 0 radical (unpaired) electrons. The number of ether oxygens (including phenoxy) is 1. The maximum atomic E-state index is 13.2. The van der Waals surface area contributed by atoms with E-state index in [-0.39, 0.29) is 11.4 Å². The SMILES string of the molecule is COc1cc(F)n(C)c1C(C)(C)C. The van der Waals surface area contributed by atoms with E-state index in [0.29, 0.717) is 5.75 Å². The Morgan fingerprint density at radius 1 is 1.38 bits per heavy atom. The first-order valence-electron chi connectivity index (χ1n) is 4.27. The van der Waals surface area contributed by atoms with Gasteiger partial charge in [-0.1, -0.05) is 20.8 Å². The van der Waals surface area contributed by atoms with Crippen molar-refractivity contribution in [1.29, 1.82) is 0 Å². The second-order valence-corrected chi connectivity index (χ2v) is 4.19. The Morgan fingerprint density at radius 3 is 2.23 bits per heavy atom. The summed E-state index contributed by atoms with van der Waals surface area (Å²) in [6.07, 6.45) is 0. The molecule has 0 N–H and O–H groups in total. The lowest BCUT2D eigenvalue weighted by Crippen LogP contribution is -2.17. The Bertz CT molecular complexity index is 309. The number of halogens is 1. The molecule has 0 saturated heterocycles. The quantitative estimate of drug-likeness (QED) is 0.655. The topological polar surface area (TPSA) is 14.2 Å². The summed E-state index contributed by atoms with van der Waals surface area (Å²) < 4.78 is 19.8. The molecule has 0 atom stereocenters. The lowest BCUT2D eigenvalue weighted by atomic mass is 9.91. The van der Waals surface area contributed by atoms with E-state index < -0.39 is 0 Å². The molecule has 1 aromatic rings. The normalized spacial score (nSPS) is 11.8. The Balaban J connectivity index is 3.33. The van der Waals surface area contributed by atoms with Crippen LogP contribution in [0.5, 0.6) is 5.75 Å². The number of hydrogen-bond donors (Lipinski definition) is 0. The third kappa shape index (κ3) is 1.69. The molecule has 0 spiro atoms. The van der Waals surface area contributed by atoms with Gasteiger partial charge in [0.1, 0.15) is 5.75 Å². The second kappa shape index (κ2) is 3.05. The van der Waals surface area contributed by atoms with Gasteiger partial charge in [0.05, 0.1) is 12.8 Å². The fraction of sp³-hybridized carbons (Fsp3) is 0.600. The number of methoxy groups -OCH3 is 1. The van der Waals surface area contributed by atoms with E-state index in [1.165, 1.54) is 10.6 Å². The first-order valence-corrected chi connectivity index (χ1v) is 4.27. The van der Waals surface area contributed by atoms with Gasteiger partial charge in [-0.2, -0.15) is 4.39 Å². The maximum absolute atomic E-state index is 13.2. The zero-order valence-electron chi connectivity index (χ0n) is 8.81. The minimum Gasteiger partial charge on any atom is -0.495 e. The van der Waals surface area contributed by atoms with Crippen LogP contribution in [0, 0.1) is 5.95 Å². The van der Waals surface area contributed by atoms with Crippen molar-refractivity contribution >= 4 is 0 Å². The molecule has 0 aliphatic rings. The summed E-state index contributed by atoms with van der Waals surface area (Å²) in [7, 11) is 3.27. The molecule has 1 aromatic heterocycles. The first-order chi connectivity index (χ1) is 5.88. The molecule has 1 heterocycles. The van der Waals surface area contributed by atoms with Gasteiger partial charge in [0, 0.05) is 18.5 Å². The van der Waals surface area contributed by atoms with E-state index >= 15 is 0 Å². The van der Waals surface area contributed by atoms with Gasteiger partial charge in [-0.3, -0.25) is 0 Å². The van der Waals surface area contributed by atoms with Crippen LogP contribution in [0.4, 0.5) is 4.39 Å². The molecule has 74 valence electrons. The molecule has 2 nitrogen and oxygen atoms in total. The smallest absolute Gasteiger partial charge is 0.197 e. The van der Waals surface area contributed by atoms with Crippen molar-refractivity contribution in [2.45, 2.75) is 26.2 Å². The van der Waals surface area contributed by atoms with Crippen molar-refractivity contribution in [2.75, 3.05) is 7.11 Å². The Morgan fingerprint density at radius 2 is 1.92 bits per heavy atom. The molecule has 0 saturated carbocycles. The van der Waals surface area contributed by atoms with Crippen LogP contribution in [-0.2, 0) is 12.5 Å².